The lowest BCUT2D eigenvalue weighted by molar-refractivity contribution is -0.145. The summed E-state index contributed by atoms with van der Waals surface area (Å²) in [6.07, 6.45) is 2.22. The number of benzene rings is 3. The zero-order chi connectivity index (χ0) is 33.6. The van der Waals surface area contributed by atoms with E-state index < -0.39 is 19.8 Å². The van der Waals surface area contributed by atoms with Crippen LogP contribution in [0.1, 0.15) is 24.6 Å². The van der Waals surface area contributed by atoms with Gasteiger partial charge in [-0.3, -0.25) is 19.3 Å². The molecule has 2 amide bonds. The van der Waals surface area contributed by atoms with Gasteiger partial charge >= 0.3 is 6.09 Å². The van der Waals surface area contributed by atoms with E-state index in [1.165, 1.54) is 5.19 Å². The molecule has 48 heavy (non-hydrogen) atoms. The number of para-hydroxylation sites is 1. The van der Waals surface area contributed by atoms with Gasteiger partial charge in [0, 0.05) is 48.6 Å². The van der Waals surface area contributed by atoms with Crippen molar-refractivity contribution >= 4 is 42.3 Å². The molecule has 2 fully saturated rings. The van der Waals surface area contributed by atoms with Crippen LogP contribution in [0.3, 0.4) is 0 Å². The molecule has 0 unspecified atom stereocenters. The van der Waals surface area contributed by atoms with Gasteiger partial charge in [0.1, 0.15) is 12.4 Å². The molecule has 1 aromatic heterocycles. The molecular formula is C36H41N5O6Si. The maximum atomic E-state index is 15.1. The molecule has 0 aliphatic carbocycles. The third-order valence-corrected chi connectivity index (χ3v) is 14.8. The van der Waals surface area contributed by atoms with E-state index in [1.807, 2.05) is 66.9 Å². The van der Waals surface area contributed by atoms with Crippen LogP contribution in [0.5, 0.6) is 5.75 Å². The molecular weight excluding hydrogens is 627 g/mol. The minimum Gasteiger partial charge on any atom is -0.497 e. The quantitative estimate of drug-likeness (QED) is 0.241. The number of hydrogen-bond acceptors (Lipinski definition) is 8. The van der Waals surface area contributed by atoms with Gasteiger partial charge in [-0.25, -0.2) is 4.79 Å². The van der Waals surface area contributed by atoms with Crippen LogP contribution in [0.25, 0.3) is 0 Å². The number of methoxy groups -OCH3 is 1. The van der Waals surface area contributed by atoms with Gasteiger partial charge in [-0.2, -0.15) is 0 Å². The molecule has 4 atom stereocenters. The molecule has 7 rings (SSSR count). The number of aliphatic hydroxyl groups is 1. The predicted molar refractivity (Wildman–Crippen MR) is 184 cm³/mol. The second kappa shape index (κ2) is 12.5. The van der Waals surface area contributed by atoms with E-state index in [0.717, 1.165) is 28.4 Å². The first-order chi connectivity index (χ1) is 23.2. The van der Waals surface area contributed by atoms with Gasteiger partial charge in [0.2, 0.25) is 0 Å². The molecule has 250 valence electrons. The molecule has 3 aliphatic rings. The minimum absolute atomic E-state index is 0.00472. The number of fused-ring (bicyclic) bond motifs is 2. The topological polar surface area (TPSA) is 119 Å². The summed E-state index contributed by atoms with van der Waals surface area (Å²) in [5.41, 5.74) is 2.42. The third-order valence-electron chi connectivity index (χ3n) is 10.4. The molecule has 4 heterocycles. The number of carbonyl (C=O) groups excluding carboxylic acids is 2. The maximum Gasteiger partial charge on any atom is 0.414 e. The van der Waals surface area contributed by atoms with Gasteiger partial charge in [-0.05, 0) is 54.4 Å². The average Bonchev–Trinajstić information content (AvgIpc) is 3.86. The normalized spacial score (nSPS) is 23.6. The highest BCUT2D eigenvalue weighted by Gasteiger charge is 2.66. The Kier molecular flexibility index (Phi) is 8.34. The van der Waals surface area contributed by atoms with Crippen molar-refractivity contribution in [3.8, 4) is 5.75 Å². The molecule has 3 aliphatic heterocycles. The standard InChI is InChI=1S/C36H41N5O6Si/c1-24-33(48(3,4)29-13-11-28(45-2)12-14-29)32(16-18-39-23-25(17-20-42)37-38-39)47-36(24)30-22-27(40-19-21-46-35(40)44)10-15-31(30)41(34(36)43)26-8-6-5-7-9-26/h5-15,22-24,32-33,42H,16-21H2,1-4H3/t24-,32+,33-,36+/m0/s1. The first-order valence-electron chi connectivity index (χ1n) is 16.5. The number of anilines is 3. The molecule has 1 N–H and O–H groups in total. The Hall–Kier alpha value is -4.52. The fourth-order valence-electron chi connectivity index (χ4n) is 8.06. The second-order valence-electron chi connectivity index (χ2n) is 13.3. The molecule has 3 aromatic carbocycles. The molecule has 1 spiro atoms. The van der Waals surface area contributed by atoms with Crippen molar-refractivity contribution in [3.05, 3.63) is 90.3 Å². The van der Waals surface area contributed by atoms with E-state index >= 15 is 4.79 Å². The maximum absolute atomic E-state index is 15.1. The summed E-state index contributed by atoms with van der Waals surface area (Å²) in [5.74, 6) is 0.451. The third kappa shape index (κ3) is 5.19. The Morgan fingerprint density at radius 2 is 1.81 bits per heavy atom. The lowest BCUT2D eigenvalue weighted by Gasteiger charge is -2.37. The smallest absolute Gasteiger partial charge is 0.414 e. The van der Waals surface area contributed by atoms with E-state index in [0.29, 0.717) is 38.2 Å². The summed E-state index contributed by atoms with van der Waals surface area (Å²) in [5, 5.41) is 19.2. The number of aryl methyl sites for hydroxylation is 1. The summed E-state index contributed by atoms with van der Waals surface area (Å²) in [7, 11) is -0.699. The van der Waals surface area contributed by atoms with Crippen molar-refractivity contribution in [2.75, 3.05) is 36.7 Å². The van der Waals surface area contributed by atoms with Gasteiger partial charge < -0.3 is 19.3 Å². The van der Waals surface area contributed by atoms with Crippen LogP contribution in [0.2, 0.25) is 18.6 Å². The van der Waals surface area contributed by atoms with Crippen LogP contribution >= 0.6 is 0 Å². The molecule has 12 heteroatoms. The Bertz CT molecular complexity index is 1820. The molecule has 2 saturated heterocycles. The summed E-state index contributed by atoms with van der Waals surface area (Å²) >= 11 is 0. The fraction of sp³-hybridized carbons (Fsp3) is 0.389. The predicted octanol–water partition coefficient (Wildman–Crippen LogP) is 4.76. The van der Waals surface area contributed by atoms with Crippen LogP contribution in [-0.4, -0.2) is 73.1 Å². The first kappa shape index (κ1) is 32.0. The number of aliphatic hydroxyl groups excluding tert-OH is 1. The molecule has 4 aromatic rings. The summed E-state index contributed by atoms with van der Waals surface area (Å²) in [6.45, 7) is 8.17. The first-order valence-corrected chi connectivity index (χ1v) is 19.6. The van der Waals surface area contributed by atoms with Crippen LogP contribution in [-0.2, 0) is 32.8 Å². The van der Waals surface area contributed by atoms with Gasteiger partial charge in [0.15, 0.2) is 5.60 Å². The minimum atomic E-state index is -2.36. The van der Waals surface area contributed by atoms with Crippen molar-refractivity contribution in [1.82, 2.24) is 15.0 Å². The largest absolute Gasteiger partial charge is 0.497 e. The Morgan fingerprint density at radius 3 is 2.50 bits per heavy atom. The Balaban J connectivity index is 1.35. The second-order valence-corrected chi connectivity index (χ2v) is 18.0. The van der Waals surface area contributed by atoms with Crippen molar-refractivity contribution in [1.29, 1.82) is 0 Å². The lowest BCUT2D eigenvalue weighted by atomic mass is 9.82. The van der Waals surface area contributed by atoms with Gasteiger partial charge in [-0.1, -0.05) is 60.7 Å². The van der Waals surface area contributed by atoms with Gasteiger partial charge in [0.05, 0.1) is 39.2 Å². The number of rotatable bonds is 10. The SMILES string of the molecule is COc1ccc([Si](C)(C)[C@@H]2[C@@H](CCn3cc(CCO)nn3)O[C@]3(C(=O)N(c4ccccc4)c4ccc(N5CCOC5=O)cc43)[C@H]2C)cc1. The van der Waals surface area contributed by atoms with E-state index in [2.05, 4.69) is 42.5 Å². The highest BCUT2D eigenvalue weighted by molar-refractivity contribution is 6.91. The molecule has 0 radical (unpaired) electrons. The zero-order valence-electron chi connectivity index (χ0n) is 27.7. The Labute approximate surface area is 281 Å². The highest BCUT2D eigenvalue weighted by atomic mass is 28.3. The number of hydrogen-bond donors (Lipinski definition) is 1. The van der Waals surface area contributed by atoms with Crippen molar-refractivity contribution in [2.45, 2.75) is 56.7 Å². The van der Waals surface area contributed by atoms with Crippen molar-refractivity contribution in [3.63, 3.8) is 0 Å². The van der Waals surface area contributed by atoms with Gasteiger partial charge in [0.25, 0.3) is 5.91 Å². The summed E-state index contributed by atoms with van der Waals surface area (Å²) < 4.78 is 19.8. The van der Waals surface area contributed by atoms with Crippen LogP contribution in [0.4, 0.5) is 21.9 Å². The van der Waals surface area contributed by atoms with Crippen molar-refractivity contribution < 1.29 is 28.9 Å². The van der Waals surface area contributed by atoms with E-state index in [1.54, 1.807) is 21.6 Å². The fourth-order valence-corrected chi connectivity index (χ4v) is 12.1. The number of carbonyl (C=O) groups is 2. The number of aromatic nitrogens is 3. The van der Waals surface area contributed by atoms with Crippen LogP contribution in [0, 0.1) is 5.92 Å². The molecule has 0 bridgehead atoms. The Morgan fingerprint density at radius 1 is 1.04 bits per heavy atom. The monoisotopic (exact) mass is 667 g/mol. The van der Waals surface area contributed by atoms with Gasteiger partial charge in [-0.15, -0.1) is 5.10 Å². The lowest BCUT2D eigenvalue weighted by Crippen LogP contribution is -2.51. The highest BCUT2D eigenvalue weighted by Crippen LogP contribution is 2.61. The van der Waals surface area contributed by atoms with E-state index in [-0.39, 0.29) is 30.1 Å². The molecule has 0 saturated carbocycles. The van der Waals surface area contributed by atoms with Crippen LogP contribution < -0.4 is 19.7 Å². The van der Waals surface area contributed by atoms with Crippen molar-refractivity contribution in [2.24, 2.45) is 5.92 Å². The summed E-state index contributed by atoms with van der Waals surface area (Å²) in [4.78, 5) is 31.2. The average molecular weight is 668 g/mol. The van der Waals surface area contributed by atoms with E-state index in [9.17, 15) is 9.90 Å². The van der Waals surface area contributed by atoms with Crippen LogP contribution in [0.15, 0.2) is 79.0 Å². The van der Waals surface area contributed by atoms with E-state index in [4.69, 9.17) is 14.2 Å². The summed E-state index contributed by atoms with van der Waals surface area (Å²) in [6, 6.07) is 23.7. The number of nitrogens with zero attached hydrogens (tertiary/aromatic N) is 5. The number of cyclic esters (lactones) is 1. The number of ether oxygens (including phenoxy) is 3. The molecule has 11 nitrogen and oxygen atoms in total. The zero-order valence-corrected chi connectivity index (χ0v) is 28.7. The number of amides is 2.